The smallest absolute Gasteiger partial charge is 0.243 e. The van der Waals surface area contributed by atoms with Gasteiger partial charge in [0.1, 0.15) is 11.6 Å². The second-order valence-electron chi connectivity index (χ2n) is 7.19. The standard InChI is InChI=1S/C22H23FN4O/c1-3-21(28)24-18-8-5-11-27(14-18)22-19-10-9-16(13-20(19)25-26(22)2)15-6-4-7-17(23)12-15/h3-4,6-7,9-10,12-13,18H,1,5,8,11,14H2,2H3,(H,24,28). The van der Waals surface area contributed by atoms with Crippen LogP contribution in [-0.4, -0.2) is 34.8 Å². The molecule has 144 valence electrons. The number of hydrogen-bond donors (Lipinski definition) is 1. The number of halogens is 1. The van der Waals surface area contributed by atoms with Gasteiger partial charge in [0, 0.05) is 31.6 Å². The Bertz CT molecular complexity index is 1040. The van der Waals surface area contributed by atoms with Gasteiger partial charge in [-0.2, -0.15) is 5.10 Å². The van der Waals surface area contributed by atoms with Crippen molar-refractivity contribution in [3.05, 3.63) is 60.9 Å². The van der Waals surface area contributed by atoms with E-state index in [0.717, 1.165) is 53.8 Å². The molecule has 3 aromatic rings. The Morgan fingerprint density at radius 2 is 2.11 bits per heavy atom. The summed E-state index contributed by atoms with van der Waals surface area (Å²) in [6.07, 6.45) is 3.26. The lowest BCUT2D eigenvalue weighted by molar-refractivity contribution is -0.117. The summed E-state index contributed by atoms with van der Waals surface area (Å²) in [6.45, 7) is 5.18. The minimum absolute atomic E-state index is 0.0933. The third-order valence-corrected chi connectivity index (χ3v) is 5.21. The van der Waals surface area contributed by atoms with Gasteiger partial charge in [0.2, 0.25) is 5.91 Å². The Balaban J connectivity index is 1.65. The predicted molar refractivity (Wildman–Crippen MR) is 110 cm³/mol. The summed E-state index contributed by atoms with van der Waals surface area (Å²) in [5, 5.41) is 8.73. The number of hydrogen-bond acceptors (Lipinski definition) is 3. The quantitative estimate of drug-likeness (QED) is 0.705. The number of anilines is 1. The average Bonchev–Trinajstić information content (AvgIpc) is 3.03. The maximum atomic E-state index is 13.6. The van der Waals surface area contributed by atoms with Gasteiger partial charge in [0.15, 0.2) is 0 Å². The van der Waals surface area contributed by atoms with E-state index in [4.69, 9.17) is 0 Å². The van der Waals surface area contributed by atoms with Crippen molar-refractivity contribution in [2.24, 2.45) is 7.05 Å². The monoisotopic (exact) mass is 378 g/mol. The van der Waals surface area contributed by atoms with Gasteiger partial charge in [-0.1, -0.05) is 24.8 Å². The normalized spacial score (nSPS) is 16.9. The molecule has 0 spiro atoms. The summed E-state index contributed by atoms with van der Waals surface area (Å²) in [5.74, 6) is 0.653. The summed E-state index contributed by atoms with van der Waals surface area (Å²) in [7, 11) is 1.93. The molecule has 5 nitrogen and oxygen atoms in total. The number of aryl methyl sites for hydroxylation is 1. The molecule has 6 heteroatoms. The summed E-state index contributed by atoms with van der Waals surface area (Å²) in [5.41, 5.74) is 2.64. The van der Waals surface area contributed by atoms with E-state index in [1.165, 1.54) is 18.2 Å². The van der Waals surface area contributed by atoms with E-state index in [1.807, 2.05) is 36.0 Å². The zero-order chi connectivity index (χ0) is 19.7. The van der Waals surface area contributed by atoms with Crippen LogP contribution in [-0.2, 0) is 11.8 Å². The molecule has 1 atom stereocenters. The number of benzene rings is 2. The first-order chi connectivity index (χ1) is 13.5. The zero-order valence-corrected chi connectivity index (χ0v) is 15.9. The van der Waals surface area contributed by atoms with Crippen LogP contribution in [0.15, 0.2) is 55.1 Å². The molecule has 28 heavy (non-hydrogen) atoms. The average molecular weight is 378 g/mol. The minimum Gasteiger partial charge on any atom is -0.354 e. The van der Waals surface area contributed by atoms with Crippen molar-refractivity contribution in [1.82, 2.24) is 15.1 Å². The van der Waals surface area contributed by atoms with Gasteiger partial charge >= 0.3 is 0 Å². The van der Waals surface area contributed by atoms with Crippen LogP contribution in [0.3, 0.4) is 0 Å². The van der Waals surface area contributed by atoms with Crippen LogP contribution in [0.2, 0.25) is 0 Å². The Labute approximate surface area is 163 Å². The summed E-state index contributed by atoms with van der Waals surface area (Å²) < 4.78 is 15.5. The molecule has 4 rings (SSSR count). The second-order valence-corrected chi connectivity index (χ2v) is 7.19. The maximum absolute atomic E-state index is 13.6. The number of nitrogens with one attached hydrogen (secondary N) is 1. The van der Waals surface area contributed by atoms with E-state index >= 15 is 0 Å². The number of piperidine rings is 1. The molecule has 1 unspecified atom stereocenters. The van der Waals surface area contributed by atoms with E-state index in [9.17, 15) is 9.18 Å². The zero-order valence-electron chi connectivity index (χ0n) is 15.9. The van der Waals surface area contributed by atoms with Crippen molar-refractivity contribution in [1.29, 1.82) is 0 Å². The Kier molecular flexibility index (Phi) is 4.86. The van der Waals surface area contributed by atoms with Crippen LogP contribution in [0.1, 0.15) is 12.8 Å². The molecule has 1 aliphatic rings. The highest BCUT2D eigenvalue weighted by atomic mass is 19.1. The Morgan fingerprint density at radius 1 is 1.29 bits per heavy atom. The SMILES string of the molecule is C=CC(=O)NC1CCCN(c2c3ccc(-c4cccc(F)c4)cc3nn2C)C1. The molecule has 0 saturated carbocycles. The second kappa shape index (κ2) is 7.46. The highest BCUT2D eigenvalue weighted by molar-refractivity contribution is 5.93. The lowest BCUT2D eigenvalue weighted by atomic mass is 10.0. The largest absolute Gasteiger partial charge is 0.354 e. The fourth-order valence-corrected chi connectivity index (χ4v) is 3.96. The number of carbonyl (C=O) groups is 1. The van der Waals surface area contributed by atoms with Crippen LogP contribution in [0, 0.1) is 5.82 Å². The molecule has 1 N–H and O–H groups in total. The van der Waals surface area contributed by atoms with Gasteiger partial charge in [-0.25, -0.2) is 4.39 Å². The van der Waals surface area contributed by atoms with Crippen LogP contribution in [0.5, 0.6) is 0 Å². The maximum Gasteiger partial charge on any atom is 0.243 e. The molecule has 1 aromatic heterocycles. The highest BCUT2D eigenvalue weighted by Gasteiger charge is 2.24. The number of amides is 1. The van der Waals surface area contributed by atoms with Crippen LogP contribution in [0.25, 0.3) is 22.0 Å². The van der Waals surface area contributed by atoms with Crippen LogP contribution >= 0.6 is 0 Å². The summed E-state index contributed by atoms with van der Waals surface area (Å²) >= 11 is 0. The van der Waals surface area contributed by atoms with Gasteiger partial charge in [-0.05, 0) is 54.3 Å². The molecule has 2 aromatic carbocycles. The molecule has 0 aliphatic carbocycles. The third-order valence-electron chi connectivity index (χ3n) is 5.21. The van der Waals surface area contributed by atoms with Gasteiger partial charge in [0.25, 0.3) is 0 Å². The lowest BCUT2D eigenvalue weighted by Crippen LogP contribution is -2.47. The Morgan fingerprint density at radius 3 is 2.89 bits per heavy atom. The third kappa shape index (κ3) is 3.50. The van der Waals surface area contributed by atoms with Crippen molar-refractivity contribution >= 4 is 22.6 Å². The number of aromatic nitrogens is 2. The Hall–Kier alpha value is -3.15. The van der Waals surface area contributed by atoms with Crippen molar-refractivity contribution in [3.63, 3.8) is 0 Å². The molecule has 0 radical (unpaired) electrons. The van der Waals surface area contributed by atoms with Gasteiger partial charge in [-0.3, -0.25) is 9.48 Å². The molecular weight excluding hydrogens is 355 g/mol. The molecule has 1 amide bonds. The van der Waals surface area contributed by atoms with Crippen molar-refractivity contribution in [2.75, 3.05) is 18.0 Å². The highest BCUT2D eigenvalue weighted by Crippen LogP contribution is 2.32. The van der Waals surface area contributed by atoms with Gasteiger partial charge < -0.3 is 10.2 Å². The first-order valence-electron chi connectivity index (χ1n) is 9.46. The van der Waals surface area contributed by atoms with E-state index < -0.39 is 0 Å². The van der Waals surface area contributed by atoms with E-state index in [2.05, 4.69) is 21.9 Å². The van der Waals surface area contributed by atoms with E-state index in [1.54, 1.807) is 6.07 Å². The topological polar surface area (TPSA) is 50.2 Å². The molecule has 2 heterocycles. The van der Waals surface area contributed by atoms with Crippen LogP contribution in [0.4, 0.5) is 10.2 Å². The fourth-order valence-electron chi connectivity index (χ4n) is 3.96. The first kappa shape index (κ1) is 18.2. The van der Waals surface area contributed by atoms with Gasteiger partial charge in [0.05, 0.1) is 5.52 Å². The summed E-state index contributed by atoms with van der Waals surface area (Å²) in [4.78, 5) is 13.9. The molecule has 0 bridgehead atoms. The van der Waals surface area contributed by atoms with Crippen LogP contribution < -0.4 is 10.2 Å². The van der Waals surface area contributed by atoms with Crippen molar-refractivity contribution in [2.45, 2.75) is 18.9 Å². The van der Waals surface area contributed by atoms with Gasteiger partial charge in [-0.15, -0.1) is 0 Å². The first-order valence-corrected chi connectivity index (χ1v) is 9.46. The fraction of sp³-hybridized carbons (Fsp3) is 0.273. The molecular formula is C22H23FN4O. The van der Waals surface area contributed by atoms with E-state index in [-0.39, 0.29) is 17.8 Å². The predicted octanol–water partition coefficient (Wildman–Crippen LogP) is 3.65. The van der Waals surface area contributed by atoms with Crippen molar-refractivity contribution < 1.29 is 9.18 Å². The summed E-state index contributed by atoms with van der Waals surface area (Å²) in [6, 6.07) is 12.7. The number of nitrogens with zero attached hydrogens (tertiary/aromatic N) is 3. The number of carbonyl (C=O) groups excluding carboxylic acids is 1. The van der Waals surface area contributed by atoms with E-state index in [0.29, 0.717) is 0 Å². The molecule has 1 fully saturated rings. The molecule has 1 saturated heterocycles. The van der Waals surface area contributed by atoms with Crippen molar-refractivity contribution in [3.8, 4) is 11.1 Å². The minimum atomic E-state index is -0.250. The number of rotatable bonds is 4. The lowest BCUT2D eigenvalue weighted by Gasteiger charge is -2.34. The number of fused-ring (bicyclic) bond motifs is 1. The molecule has 1 aliphatic heterocycles.